The second kappa shape index (κ2) is 7.15. The third-order valence-electron chi connectivity index (χ3n) is 4.29. The molecular formula is C18H19ClN2O3S. The number of halogens is 1. The summed E-state index contributed by atoms with van der Waals surface area (Å²) in [5.74, 6) is -0.0350. The van der Waals surface area contributed by atoms with Crippen molar-refractivity contribution in [2.24, 2.45) is 11.1 Å². The van der Waals surface area contributed by atoms with Crippen LogP contribution in [0, 0.1) is 5.92 Å². The van der Waals surface area contributed by atoms with Crippen molar-refractivity contribution in [3.05, 3.63) is 70.2 Å². The second-order valence-electron chi connectivity index (χ2n) is 6.31. The van der Waals surface area contributed by atoms with E-state index in [0.29, 0.717) is 17.1 Å². The van der Waals surface area contributed by atoms with E-state index in [4.69, 9.17) is 16.7 Å². The molecule has 0 radical (unpaired) electrons. The molecule has 3 N–H and O–H groups in total. The number of benzene rings is 2. The standard InChI is InChI=1S/C18H19ClN2O3S/c19-17-4-2-1-3-14(17)15-9-16(15)18(22)21-10-12-5-7-13(8-6-12)11-25(20,23)24/h1-8,15-16H,9-11H2,(H,21,22)(H2,20,23,24)/t15-,16-/m1/s1. The monoisotopic (exact) mass is 378 g/mol. The van der Waals surface area contributed by atoms with E-state index in [9.17, 15) is 13.2 Å². The molecule has 25 heavy (non-hydrogen) atoms. The van der Waals surface area contributed by atoms with Gasteiger partial charge in [-0.1, -0.05) is 54.1 Å². The fraction of sp³-hybridized carbons (Fsp3) is 0.278. The summed E-state index contributed by atoms with van der Waals surface area (Å²) in [6, 6.07) is 14.6. The van der Waals surface area contributed by atoms with Crippen molar-refractivity contribution >= 4 is 27.5 Å². The lowest BCUT2D eigenvalue weighted by molar-refractivity contribution is -0.122. The van der Waals surface area contributed by atoms with Crippen LogP contribution in [0.4, 0.5) is 0 Å². The molecule has 1 fully saturated rings. The quantitative estimate of drug-likeness (QED) is 0.809. The summed E-state index contributed by atoms with van der Waals surface area (Å²) in [5.41, 5.74) is 2.55. The Bertz CT molecular complexity index is 881. The molecule has 2 atom stereocenters. The molecule has 132 valence electrons. The second-order valence-corrected chi connectivity index (χ2v) is 8.33. The number of carbonyl (C=O) groups excluding carboxylic acids is 1. The summed E-state index contributed by atoms with van der Waals surface area (Å²) in [4.78, 5) is 12.3. The van der Waals surface area contributed by atoms with E-state index < -0.39 is 10.0 Å². The molecule has 1 aliphatic rings. The summed E-state index contributed by atoms with van der Waals surface area (Å²) >= 11 is 6.18. The Morgan fingerprint density at radius 3 is 2.40 bits per heavy atom. The first-order chi connectivity index (χ1) is 11.8. The molecule has 0 spiro atoms. The van der Waals surface area contributed by atoms with Crippen molar-refractivity contribution in [2.75, 3.05) is 0 Å². The number of carbonyl (C=O) groups is 1. The number of nitrogens with one attached hydrogen (secondary N) is 1. The van der Waals surface area contributed by atoms with Gasteiger partial charge in [0.25, 0.3) is 0 Å². The van der Waals surface area contributed by atoms with Gasteiger partial charge in [-0.2, -0.15) is 0 Å². The molecular weight excluding hydrogens is 360 g/mol. The molecule has 0 unspecified atom stereocenters. The summed E-state index contributed by atoms with van der Waals surface area (Å²) in [6.45, 7) is 0.403. The number of hydrogen-bond acceptors (Lipinski definition) is 3. The highest BCUT2D eigenvalue weighted by atomic mass is 35.5. The summed E-state index contributed by atoms with van der Waals surface area (Å²) < 4.78 is 22.1. The molecule has 0 aliphatic heterocycles. The molecule has 1 aliphatic carbocycles. The first-order valence-electron chi connectivity index (χ1n) is 7.94. The van der Waals surface area contributed by atoms with Gasteiger partial charge in [-0.05, 0) is 35.1 Å². The molecule has 2 aromatic carbocycles. The largest absolute Gasteiger partial charge is 0.352 e. The van der Waals surface area contributed by atoms with E-state index in [1.807, 2.05) is 24.3 Å². The highest BCUT2D eigenvalue weighted by Crippen LogP contribution is 2.49. The lowest BCUT2D eigenvalue weighted by atomic mass is 10.1. The van der Waals surface area contributed by atoms with E-state index >= 15 is 0 Å². The minimum Gasteiger partial charge on any atom is -0.352 e. The Kier molecular flexibility index (Phi) is 5.13. The van der Waals surface area contributed by atoms with Gasteiger partial charge in [0, 0.05) is 17.5 Å². The molecule has 3 rings (SSSR count). The Morgan fingerprint density at radius 2 is 1.76 bits per heavy atom. The first kappa shape index (κ1) is 17.9. The van der Waals surface area contributed by atoms with Crippen LogP contribution in [-0.2, 0) is 27.1 Å². The third-order valence-corrected chi connectivity index (χ3v) is 5.37. The summed E-state index contributed by atoms with van der Waals surface area (Å²) in [7, 11) is -3.54. The van der Waals surface area contributed by atoms with Crippen molar-refractivity contribution in [1.82, 2.24) is 5.32 Å². The van der Waals surface area contributed by atoms with Crippen molar-refractivity contribution in [3.63, 3.8) is 0 Å². The minimum absolute atomic E-state index is 0.0125. The zero-order valence-corrected chi connectivity index (χ0v) is 15.1. The first-order valence-corrected chi connectivity index (χ1v) is 10.0. The molecule has 0 bridgehead atoms. The zero-order chi connectivity index (χ0) is 18.0. The minimum atomic E-state index is -3.54. The number of primary sulfonamides is 1. The average molecular weight is 379 g/mol. The van der Waals surface area contributed by atoms with E-state index in [1.165, 1.54) is 0 Å². The maximum Gasteiger partial charge on any atom is 0.224 e. The van der Waals surface area contributed by atoms with Crippen molar-refractivity contribution < 1.29 is 13.2 Å². The smallest absolute Gasteiger partial charge is 0.224 e. The predicted octanol–water partition coefficient (Wildman–Crippen LogP) is 2.55. The molecule has 5 nitrogen and oxygen atoms in total. The van der Waals surface area contributed by atoms with Crippen LogP contribution in [-0.4, -0.2) is 14.3 Å². The van der Waals surface area contributed by atoms with Crippen LogP contribution in [0.3, 0.4) is 0 Å². The molecule has 7 heteroatoms. The fourth-order valence-corrected chi connectivity index (χ4v) is 3.84. The predicted molar refractivity (Wildman–Crippen MR) is 97.4 cm³/mol. The maximum atomic E-state index is 12.3. The lowest BCUT2D eigenvalue weighted by Crippen LogP contribution is -2.24. The van der Waals surface area contributed by atoms with Gasteiger partial charge < -0.3 is 5.32 Å². The van der Waals surface area contributed by atoms with Gasteiger partial charge in [0.2, 0.25) is 15.9 Å². The Morgan fingerprint density at radius 1 is 1.12 bits per heavy atom. The van der Waals surface area contributed by atoms with Crippen LogP contribution in [0.2, 0.25) is 5.02 Å². The van der Waals surface area contributed by atoms with Gasteiger partial charge in [-0.3, -0.25) is 4.79 Å². The number of nitrogens with two attached hydrogens (primary N) is 1. The van der Waals surface area contributed by atoms with Gasteiger partial charge in [-0.25, -0.2) is 13.6 Å². The number of sulfonamides is 1. The van der Waals surface area contributed by atoms with Gasteiger partial charge in [0.1, 0.15) is 0 Å². The number of hydrogen-bond donors (Lipinski definition) is 2. The van der Waals surface area contributed by atoms with Crippen LogP contribution in [0.15, 0.2) is 48.5 Å². The highest BCUT2D eigenvalue weighted by Gasteiger charge is 2.44. The lowest BCUT2D eigenvalue weighted by Gasteiger charge is -2.07. The fourth-order valence-electron chi connectivity index (χ4n) is 2.91. The van der Waals surface area contributed by atoms with Crippen molar-refractivity contribution in [1.29, 1.82) is 0 Å². The Hall–Kier alpha value is -1.89. The molecule has 0 saturated heterocycles. The van der Waals surface area contributed by atoms with E-state index in [1.54, 1.807) is 24.3 Å². The van der Waals surface area contributed by atoms with Crippen LogP contribution in [0.5, 0.6) is 0 Å². The van der Waals surface area contributed by atoms with Crippen LogP contribution < -0.4 is 10.5 Å². The van der Waals surface area contributed by atoms with Crippen molar-refractivity contribution in [2.45, 2.75) is 24.6 Å². The Labute approximate surface area is 152 Å². The van der Waals surface area contributed by atoms with E-state index in [-0.39, 0.29) is 23.5 Å². The van der Waals surface area contributed by atoms with Crippen molar-refractivity contribution in [3.8, 4) is 0 Å². The molecule has 2 aromatic rings. The van der Waals surface area contributed by atoms with Crippen LogP contribution in [0.25, 0.3) is 0 Å². The molecule has 1 saturated carbocycles. The van der Waals surface area contributed by atoms with Crippen LogP contribution >= 0.6 is 11.6 Å². The average Bonchev–Trinajstić information content (AvgIpc) is 3.33. The van der Waals surface area contributed by atoms with E-state index in [2.05, 4.69) is 5.32 Å². The zero-order valence-electron chi connectivity index (χ0n) is 13.5. The van der Waals surface area contributed by atoms with Gasteiger partial charge in [-0.15, -0.1) is 0 Å². The molecule has 0 heterocycles. The SMILES string of the molecule is NS(=O)(=O)Cc1ccc(CNC(=O)[C@@H]2C[C@@H]2c2ccccc2Cl)cc1. The number of rotatable bonds is 6. The normalized spacial score (nSPS) is 19.4. The Balaban J connectivity index is 1.53. The van der Waals surface area contributed by atoms with Gasteiger partial charge in [0.15, 0.2) is 0 Å². The van der Waals surface area contributed by atoms with Gasteiger partial charge in [0.05, 0.1) is 5.75 Å². The van der Waals surface area contributed by atoms with Gasteiger partial charge >= 0.3 is 0 Å². The number of amides is 1. The third kappa shape index (κ3) is 4.81. The maximum absolute atomic E-state index is 12.3. The molecule has 1 amide bonds. The summed E-state index contributed by atoms with van der Waals surface area (Å²) in [6.07, 6.45) is 0.808. The highest BCUT2D eigenvalue weighted by molar-refractivity contribution is 7.88. The molecule has 0 aromatic heterocycles. The summed E-state index contributed by atoms with van der Waals surface area (Å²) in [5, 5.41) is 8.65. The van der Waals surface area contributed by atoms with Crippen LogP contribution in [0.1, 0.15) is 29.0 Å². The van der Waals surface area contributed by atoms with E-state index in [0.717, 1.165) is 17.5 Å². The topological polar surface area (TPSA) is 89.3 Å².